The van der Waals surface area contributed by atoms with E-state index in [2.05, 4.69) is 6.92 Å². The third-order valence-corrected chi connectivity index (χ3v) is 2.28. The summed E-state index contributed by atoms with van der Waals surface area (Å²) in [6.45, 7) is 2.28. The van der Waals surface area contributed by atoms with Crippen molar-refractivity contribution < 1.29 is 10.2 Å². The molecule has 2 heteroatoms. The van der Waals surface area contributed by atoms with Gasteiger partial charge in [0.05, 0.1) is 0 Å². The van der Waals surface area contributed by atoms with E-state index in [0.29, 0.717) is 11.7 Å². The molecule has 0 aliphatic heterocycles. The first-order valence-electron chi connectivity index (χ1n) is 4.47. The van der Waals surface area contributed by atoms with Crippen LogP contribution in [0.25, 0.3) is 0 Å². The monoisotopic (exact) mass is 168 g/mol. The summed E-state index contributed by atoms with van der Waals surface area (Å²) in [4.78, 5) is 0. The zero-order valence-electron chi connectivity index (χ0n) is 7.40. The van der Waals surface area contributed by atoms with E-state index in [9.17, 15) is 5.11 Å². The van der Waals surface area contributed by atoms with Crippen molar-refractivity contribution in [3.05, 3.63) is 24.0 Å². The molecule has 0 fully saturated rings. The molecule has 2 atom stereocenters. The molecule has 0 aromatic heterocycles. The normalized spacial score (nSPS) is 28.7. The summed E-state index contributed by atoms with van der Waals surface area (Å²) in [5.41, 5.74) is 0. The van der Waals surface area contributed by atoms with E-state index in [1.807, 2.05) is 12.2 Å². The molecule has 12 heavy (non-hydrogen) atoms. The topological polar surface area (TPSA) is 40.5 Å². The lowest BCUT2D eigenvalue weighted by Crippen LogP contribution is -2.17. The maximum Gasteiger partial charge on any atom is 0.111 e. The standard InChI is InChI=1S/C10H16O2/c1-2-3-8-6-10(12)5-4-9(8)7-11/h4-6,8-9,11-12H,2-3,7H2,1H3/t8-,9?/m0/s1. The van der Waals surface area contributed by atoms with Crippen LogP contribution < -0.4 is 0 Å². The highest BCUT2D eigenvalue weighted by atomic mass is 16.3. The molecule has 0 amide bonds. The van der Waals surface area contributed by atoms with E-state index in [-0.39, 0.29) is 12.5 Å². The van der Waals surface area contributed by atoms with Crippen molar-refractivity contribution in [3.8, 4) is 0 Å². The van der Waals surface area contributed by atoms with Gasteiger partial charge >= 0.3 is 0 Å². The molecule has 0 saturated carbocycles. The first-order chi connectivity index (χ1) is 5.77. The van der Waals surface area contributed by atoms with Gasteiger partial charge in [-0.15, -0.1) is 0 Å². The maximum absolute atomic E-state index is 9.21. The lowest BCUT2D eigenvalue weighted by molar-refractivity contribution is 0.215. The van der Waals surface area contributed by atoms with E-state index in [1.54, 1.807) is 6.08 Å². The molecular formula is C10H16O2. The largest absolute Gasteiger partial charge is 0.508 e. The van der Waals surface area contributed by atoms with Crippen molar-refractivity contribution in [2.75, 3.05) is 6.61 Å². The number of allylic oxidation sites excluding steroid dienone is 2. The van der Waals surface area contributed by atoms with Gasteiger partial charge in [-0.1, -0.05) is 19.4 Å². The van der Waals surface area contributed by atoms with Gasteiger partial charge in [-0.25, -0.2) is 0 Å². The van der Waals surface area contributed by atoms with Crippen LogP contribution in [0.5, 0.6) is 0 Å². The van der Waals surface area contributed by atoms with Gasteiger partial charge in [0.2, 0.25) is 0 Å². The number of aliphatic hydroxyl groups is 2. The van der Waals surface area contributed by atoms with E-state index >= 15 is 0 Å². The second-order valence-corrected chi connectivity index (χ2v) is 3.25. The summed E-state index contributed by atoms with van der Waals surface area (Å²) in [6, 6.07) is 0. The summed E-state index contributed by atoms with van der Waals surface area (Å²) < 4.78 is 0. The van der Waals surface area contributed by atoms with Gasteiger partial charge in [-0.05, 0) is 24.5 Å². The quantitative estimate of drug-likeness (QED) is 0.676. The molecule has 1 unspecified atom stereocenters. The molecular weight excluding hydrogens is 152 g/mol. The highest BCUT2D eigenvalue weighted by Gasteiger charge is 2.18. The lowest BCUT2D eigenvalue weighted by Gasteiger charge is -2.22. The molecule has 0 bridgehead atoms. The summed E-state index contributed by atoms with van der Waals surface area (Å²) in [6.07, 6.45) is 7.49. The van der Waals surface area contributed by atoms with Gasteiger partial charge in [-0.2, -0.15) is 0 Å². The summed E-state index contributed by atoms with van der Waals surface area (Å²) in [7, 11) is 0. The first-order valence-corrected chi connectivity index (χ1v) is 4.47. The Labute approximate surface area is 73.2 Å². The van der Waals surface area contributed by atoms with Gasteiger partial charge < -0.3 is 10.2 Å². The Hall–Kier alpha value is -0.760. The van der Waals surface area contributed by atoms with Crippen LogP contribution in [-0.4, -0.2) is 16.8 Å². The number of aliphatic hydroxyl groups excluding tert-OH is 2. The molecule has 68 valence electrons. The van der Waals surface area contributed by atoms with Gasteiger partial charge in [0.1, 0.15) is 5.76 Å². The molecule has 0 saturated heterocycles. The van der Waals surface area contributed by atoms with Crippen molar-refractivity contribution in [1.29, 1.82) is 0 Å². The van der Waals surface area contributed by atoms with Crippen LogP contribution in [0, 0.1) is 11.8 Å². The Bertz CT molecular complexity index is 194. The zero-order valence-corrected chi connectivity index (χ0v) is 7.40. The van der Waals surface area contributed by atoms with E-state index in [0.717, 1.165) is 12.8 Å². The van der Waals surface area contributed by atoms with Crippen LogP contribution >= 0.6 is 0 Å². The Morgan fingerprint density at radius 2 is 2.17 bits per heavy atom. The molecule has 0 spiro atoms. The zero-order chi connectivity index (χ0) is 8.97. The van der Waals surface area contributed by atoms with Gasteiger partial charge in [0.15, 0.2) is 0 Å². The molecule has 0 aromatic rings. The lowest BCUT2D eigenvalue weighted by atomic mass is 9.85. The molecule has 2 nitrogen and oxygen atoms in total. The molecule has 1 aliphatic rings. The average Bonchev–Trinajstić information content (AvgIpc) is 2.05. The molecule has 1 rings (SSSR count). The number of rotatable bonds is 3. The fourth-order valence-corrected chi connectivity index (χ4v) is 1.59. The summed E-state index contributed by atoms with van der Waals surface area (Å²) in [5, 5.41) is 18.2. The van der Waals surface area contributed by atoms with Gasteiger partial charge in [0.25, 0.3) is 0 Å². The summed E-state index contributed by atoms with van der Waals surface area (Å²) >= 11 is 0. The van der Waals surface area contributed by atoms with Gasteiger partial charge in [0, 0.05) is 12.5 Å². The number of hydrogen-bond acceptors (Lipinski definition) is 2. The average molecular weight is 168 g/mol. The van der Waals surface area contributed by atoms with Crippen LogP contribution in [0.4, 0.5) is 0 Å². The van der Waals surface area contributed by atoms with E-state index in [1.165, 1.54) is 0 Å². The van der Waals surface area contributed by atoms with Crippen LogP contribution in [0.15, 0.2) is 24.0 Å². The van der Waals surface area contributed by atoms with E-state index in [4.69, 9.17) is 5.11 Å². The van der Waals surface area contributed by atoms with Crippen LogP contribution in [-0.2, 0) is 0 Å². The Morgan fingerprint density at radius 1 is 1.42 bits per heavy atom. The summed E-state index contributed by atoms with van der Waals surface area (Å²) in [5.74, 6) is 0.837. The van der Waals surface area contributed by atoms with Crippen molar-refractivity contribution in [2.45, 2.75) is 19.8 Å². The molecule has 0 radical (unpaired) electrons. The third kappa shape index (κ3) is 2.11. The SMILES string of the molecule is CCC[C@H]1C=C(O)C=CC1CO. The Kier molecular flexibility index (Phi) is 3.35. The van der Waals surface area contributed by atoms with Crippen molar-refractivity contribution in [1.82, 2.24) is 0 Å². The fraction of sp³-hybridized carbons (Fsp3) is 0.600. The second-order valence-electron chi connectivity index (χ2n) is 3.25. The predicted molar refractivity (Wildman–Crippen MR) is 48.8 cm³/mol. The van der Waals surface area contributed by atoms with Crippen molar-refractivity contribution >= 4 is 0 Å². The predicted octanol–water partition coefficient (Wildman–Crippen LogP) is 2.02. The van der Waals surface area contributed by atoms with E-state index < -0.39 is 0 Å². The number of hydrogen-bond donors (Lipinski definition) is 2. The molecule has 0 aromatic carbocycles. The molecule has 1 aliphatic carbocycles. The highest BCUT2D eigenvalue weighted by molar-refractivity contribution is 5.19. The third-order valence-electron chi connectivity index (χ3n) is 2.28. The first kappa shape index (κ1) is 9.33. The van der Waals surface area contributed by atoms with Crippen LogP contribution in [0.3, 0.4) is 0 Å². The van der Waals surface area contributed by atoms with Crippen molar-refractivity contribution in [3.63, 3.8) is 0 Å². The van der Waals surface area contributed by atoms with Crippen molar-refractivity contribution in [2.24, 2.45) is 11.8 Å². The minimum atomic E-state index is 0.172. The minimum absolute atomic E-state index is 0.172. The Balaban J connectivity index is 2.61. The second kappa shape index (κ2) is 4.31. The maximum atomic E-state index is 9.21. The molecule has 2 N–H and O–H groups in total. The smallest absolute Gasteiger partial charge is 0.111 e. The molecule has 0 heterocycles. The van der Waals surface area contributed by atoms with Crippen LogP contribution in [0.1, 0.15) is 19.8 Å². The Morgan fingerprint density at radius 3 is 2.75 bits per heavy atom. The van der Waals surface area contributed by atoms with Crippen LogP contribution in [0.2, 0.25) is 0 Å². The fourth-order valence-electron chi connectivity index (χ4n) is 1.59. The minimum Gasteiger partial charge on any atom is -0.508 e. The highest BCUT2D eigenvalue weighted by Crippen LogP contribution is 2.25. The van der Waals surface area contributed by atoms with Gasteiger partial charge in [-0.3, -0.25) is 0 Å².